The molecule has 3 rings (SSSR count). The Hall–Kier alpha value is -1.57. The Morgan fingerprint density at radius 2 is 1.90 bits per heavy atom. The Morgan fingerprint density at radius 3 is 2.59 bits per heavy atom. The first-order chi connectivity index (χ1) is 14.2. The van der Waals surface area contributed by atoms with Crippen LogP contribution >= 0.6 is 0 Å². The molecule has 0 radical (unpaired) electrons. The van der Waals surface area contributed by atoms with Gasteiger partial charge in [0, 0.05) is 71.9 Å². The van der Waals surface area contributed by atoms with Crippen molar-refractivity contribution >= 4 is 5.96 Å². The maximum absolute atomic E-state index is 5.46. The lowest BCUT2D eigenvalue weighted by atomic mass is 10.2. The summed E-state index contributed by atoms with van der Waals surface area (Å²) in [5.74, 6) is 2.80. The van der Waals surface area contributed by atoms with Gasteiger partial charge in [-0.2, -0.15) is 0 Å². The van der Waals surface area contributed by atoms with Gasteiger partial charge in [-0.3, -0.25) is 14.8 Å². The molecule has 0 unspecified atom stereocenters. The maximum atomic E-state index is 5.46. The van der Waals surface area contributed by atoms with Gasteiger partial charge in [0.25, 0.3) is 0 Å². The normalized spacial score (nSPS) is 19.8. The number of piperazine rings is 1. The van der Waals surface area contributed by atoms with E-state index in [4.69, 9.17) is 14.1 Å². The monoisotopic (exact) mass is 405 g/mol. The van der Waals surface area contributed by atoms with E-state index in [1.807, 2.05) is 12.1 Å². The van der Waals surface area contributed by atoms with Crippen molar-refractivity contribution in [3.8, 4) is 0 Å². The second kappa shape index (κ2) is 12.2. The molecule has 1 N–H and O–H groups in total. The fourth-order valence-corrected chi connectivity index (χ4v) is 3.98. The molecular weight excluding hydrogens is 366 g/mol. The highest BCUT2D eigenvalue weighted by Crippen LogP contribution is 2.07. The Labute approximate surface area is 176 Å². The number of rotatable bonds is 9. The summed E-state index contributed by atoms with van der Waals surface area (Å²) in [7, 11) is 0. The molecule has 1 aromatic rings. The van der Waals surface area contributed by atoms with Crippen LogP contribution in [0.1, 0.15) is 26.0 Å². The van der Waals surface area contributed by atoms with Crippen molar-refractivity contribution in [2.24, 2.45) is 10.9 Å². The zero-order valence-electron chi connectivity index (χ0n) is 18.3. The molecule has 1 aromatic heterocycles. The van der Waals surface area contributed by atoms with Crippen LogP contribution in [0.3, 0.4) is 0 Å². The first-order valence-corrected chi connectivity index (χ1v) is 11.3. The average Bonchev–Trinajstić information content (AvgIpc) is 3.24. The molecule has 2 fully saturated rings. The zero-order chi connectivity index (χ0) is 20.3. The molecule has 0 aromatic carbocycles. The second-order valence-electron chi connectivity index (χ2n) is 8.45. The van der Waals surface area contributed by atoms with Gasteiger partial charge in [-0.25, -0.2) is 0 Å². The Bertz CT molecular complexity index is 576. The van der Waals surface area contributed by atoms with E-state index in [0.717, 1.165) is 103 Å². The number of nitrogens with one attached hydrogen (secondary N) is 1. The third-order valence-electron chi connectivity index (χ3n) is 5.53. The highest BCUT2D eigenvalue weighted by atomic mass is 16.5. The van der Waals surface area contributed by atoms with E-state index in [9.17, 15) is 0 Å². The highest BCUT2D eigenvalue weighted by Gasteiger charge is 2.20. The SMILES string of the molecule is CC(C)CN1CCN(C(=NCCCN2CCOCC2)NCCc2ccco2)CC1. The molecule has 2 aliphatic heterocycles. The summed E-state index contributed by atoms with van der Waals surface area (Å²) >= 11 is 0. The molecule has 0 aliphatic carbocycles. The van der Waals surface area contributed by atoms with Gasteiger partial charge >= 0.3 is 0 Å². The van der Waals surface area contributed by atoms with Gasteiger partial charge in [-0.05, 0) is 24.5 Å². The number of furan rings is 1. The smallest absolute Gasteiger partial charge is 0.194 e. The third kappa shape index (κ3) is 7.99. The van der Waals surface area contributed by atoms with Crippen molar-refractivity contribution in [2.75, 3.05) is 78.7 Å². The molecule has 2 saturated heterocycles. The molecule has 3 heterocycles. The van der Waals surface area contributed by atoms with Crippen molar-refractivity contribution in [3.05, 3.63) is 24.2 Å². The predicted molar refractivity (Wildman–Crippen MR) is 117 cm³/mol. The second-order valence-corrected chi connectivity index (χ2v) is 8.45. The summed E-state index contributed by atoms with van der Waals surface area (Å²) in [6.07, 6.45) is 3.72. The summed E-state index contributed by atoms with van der Waals surface area (Å²) in [6.45, 7) is 16.8. The minimum Gasteiger partial charge on any atom is -0.469 e. The Kier molecular flexibility index (Phi) is 9.31. The third-order valence-corrected chi connectivity index (χ3v) is 5.53. The molecule has 0 atom stereocenters. The Balaban J connectivity index is 1.47. The zero-order valence-corrected chi connectivity index (χ0v) is 18.3. The van der Waals surface area contributed by atoms with E-state index in [0.29, 0.717) is 0 Å². The van der Waals surface area contributed by atoms with Crippen molar-refractivity contribution in [2.45, 2.75) is 26.7 Å². The molecule has 0 spiro atoms. The van der Waals surface area contributed by atoms with E-state index >= 15 is 0 Å². The largest absolute Gasteiger partial charge is 0.469 e. The Morgan fingerprint density at radius 1 is 1.10 bits per heavy atom. The molecule has 0 amide bonds. The lowest BCUT2D eigenvalue weighted by molar-refractivity contribution is 0.0377. The fraction of sp³-hybridized carbons (Fsp3) is 0.773. The topological polar surface area (TPSA) is 56.5 Å². The van der Waals surface area contributed by atoms with Crippen LogP contribution in [0, 0.1) is 5.92 Å². The van der Waals surface area contributed by atoms with Crippen LogP contribution in [0.15, 0.2) is 27.8 Å². The fourth-order valence-electron chi connectivity index (χ4n) is 3.98. The van der Waals surface area contributed by atoms with Crippen LogP contribution in [-0.2, 0) is 11.2 Å². The lowest BCUT2D eigenvalue weighted by Gasteiger charge is -2.37. The molecule has 2 aliphatic rings. The molecule has 0 bridgehead atoms. The van der Waals surface area contributed by atoms with Gasteiger partial charge in [0.1, 0.15) is 5.76 Å². The summed E-state index contributed by atoms with van der Waals surface area (Å²) in [5, 5.41) is 3.59. The first-order valence-electron chi connectivity index (χ1n) is 11.3. The maximum Gasteiger partial charge on any atom is 0.194 e. The van der Waals surface area contributed by atoms with Crippen LogP contribution < -0.4 is 5.32 Å². The van der Waals surface area contributed by atoms with Gasteiger partial charge in [0.2, 0.25) is 0 Å². The van der Waals surface area contributed by atoms with E-state index in [1.54, 1.807) is 6.26 Å². The van der Waals surface area contributed by atoms with Gasteiger partial charge in [-0.1, -0.05) is 13.8 Å². The molecule has 29 heavy (non-hydrogen) atoms. The van der Waals surface area contributed by atoms with Crippen molar-refractivity contribution < 1.29 is 9.15 Å². The van der Waals surface area contributed by atoms with E-state index < -0.39 is 0 Å². The number of ether oxygens (including phenoxy) is 1. The van der Waals surface area contributed by atoms with Crippen molar-refractivity contribution in [1.29, 1.82) is 0 Å². The van der Waals surface area contributed by atoms with Crippen LogP contribution in [-0.4, -0.2) is 99.3 Å². The summed E-state index contributed by atoms with van der Waals surface area (Å²) in [4.78, 5) is 12.4. The van der Waals surface area contributed by atoms with Crippen molar-refractivity contribution in [3.63, 3.8) is 0 Å². The average molecular weight is 406 g/mol. The summed E-state index contributed by atoms with van der Waals surface area (Å²) < 4.78 is 10.9. The summed E-state index contributed by atoms with van der Waals surface area (Å²) in [5.41, 5.74) is 0. The van der Waals surface area contributed by atoms with Crippen LogP contribution in [0.5, 0.6) is 0 Å². The number of hydrogen-bond donors (Lipinski definition) is 1. The molecule has 7 heteroatoms. The van der Waals surface area contributed by atoms with Gasteiger partial charge < -0.3 is 19.4 Å². The van der Waals surface area contributed by atoms with Crippen molar-refractivity contribution in [1.82, 2.24) is 20.0 Å². The number of guanidine groups is 1. The van der Waals surface area contributed by atoms with E-state index in [-0.39, 0.29) is 0 Å². The minimum absolute atomic E-state index is 0.723. The number of nitrogens with zero attached hydrogens (tertiary/aromatic N) is 4. The van der Waals surface area contributed by atoms with Crippen LogP contribution in [0.2, 0.25) is 0 Å². The highest BCUT2D eigenvalue weighted by molar-refractivity contribution is 5.80. The molecule has 7 nitrogen and oxygen atoms in total. The molecule has 0 saturated carbocycles. The molecular formula is C22H39N5O2. The standard InChI is InChI=1S/C22H39N5O2/c1-20(2)19-26-10-12-27(13-11-26)22(24-8-6-21-5-3-16-29-21)23-7-4-9-25-14-17-28-18-15-25/h3,5,16,20H,4,6-15,17-19H2,1-2H3,(H,23,24). The lowest BCUT2D eigenvalue weighted by Crippen LogP contribution is -2.53. The van der Waals surface area contributed by atoms with Crippen LogP contribution in [0.25, 0.3) is 0 Å². The van der Waals surface area contributed by atoms with E-state index in [2.05, 4.69) is 33.9 Å². The summed E-state index contributed by atoms with van der Waals surface area (Å²) in [6, 6.07) is 3.98. The van der Waals surface area contributed by atoms with E-state index in [1.165, 1.54) is 6.54 Å². The predicted octanol–water partition coefficient (Wildman–Crippen LogP) is 1.76. The van der Waals surface area contributed by atoms with Gasteiger partial charge in [-0.15, -0.1) is 0 Å². The number of aliphatic imine (C=N–C) groups is 1. The first kappa shape index (κ1) is 22.1. The van der Waals surface area contributed by atoms with Gasteiger partial charge in [0.05, 0.1) is 19.5 Å². The number of morpholine rings is 1. The quantitative estimate of drug-likeness (QED) is 0.384. The number of hydrogen-bond acceptors (Lipinski definition) is 5. The van der Waals surface area contributed by atoms with Gasteiger partial charge in [0.15, 0.2) is 5.96 Å². The van der Waals surface area contributed by atoms with Crippen LogP contribution in [0.4, 0.5) is 0 Å². The minimum atomic E-state index is 0.723. The molecule has 164 valence electrons.